The van der Waals surface area contributed by atoms with Gasteiger partial charge in [-0.2, -0.15) is 0 Å². The second-order valence-electron chi connectivity index (χ2n) is 5.33. The highest BCUT2D eigenvalue weighted by Crippen LogP contribution is 2.47. The Bertz CT molecular complexity index is 652. The molecule has 13 heteroatoms. The lowest BCUT2D eigenvalue weighted by Crippen LogP contribution is -2.64. The van der Waals surface area contributed by atoms with Crippen LogP contribution in [0, 0.1) is 10.1 Å². The molecule has 5 unspecified atom stereocenters. The average molecular weight is 381 g/mol. The van der Waals surface area contributed by atoms with Crippen LogP contribution in [0.4, 0.5) is 5.69 Å². The Morgan fingerprint density at radius 2 is 1.36 bits per heavy atom. The summed E-state index contributed by atoms with van der Waals surface area (Å²) in [6.07, 6.45) is -11.7. The Kier molecular flexibility index (Phi) is 5.76. The van der Waals surface area contributed by atoms with Gasteiger partial charge in [0.15, 0.2) is 0 Å². The van der Waals surface area contributed by atoms with E-state index in [0.717, 1.165) is 24.3 Å². The molecule has 6 N–H and O–H groups in total. The summed E-state index contributed by atoms with van der Waals surface area (Å²) in [7, 11) is -4.96. The van der Waals surface area contributed by atoms with Crippen LogP contribution in [0.25, 0.3) is 0 Å². The summed E-state index contributed by atoms with van der Waals surface area (Å²) >= 11 is 0. The Hall–Kier alpha value is -1.63. The minimum absolute atomic E-state index is 0.280. The van der Waals surface area contributed by atoms with E-state index in [0.29, 0.717) is 0 Å². The van der Waals surface area contributed by atoms with Crippen molar-refractivity contribution < 1.29 is 49.0 Å². The van der Waals surface area contributed by atoms with Gasteiger partial charge in [-0.15, -0.1) is 0 Å². The Morgan fingerprint density at radius 3 is 1.80 bits per heavy atom. The van der Waals surface area contributed by atoms with Crippen LogP contribution in [0.1, 0.15) is 0 Å². The third-order valence-corrected chi connectivity index (χ3v) is 4.55. The molecule has 1 aromatic rings. The zero-order valence-corrected chi connectivity index (χ0v) is 13.3. The van der Waals surface area contributed by atoms with Crippen molar-refractivity contribution in [3.63, 3.8) is 0 Å². The van der Waals surface area contributed by atoms with Gasteiger partial charge in [0.2, 0.25) is 0 Å². The van der Waals surface area contributed by atoms with Crippen molar-refractivity contribution in [2.75, 3.05) is 0 Å². The molecular weight excluding hydrogens is 365 g/mol. The molecule has 0 radical (unpaired) electrons. The third kappa shape index (κ3) is 4.32. The molecule has 12 nitrogen and oxygen atoms in total. The second-order valence-corrected chi connectivity index (χ2v) is 6.66. The van der Waals surface area contributed by atoms with Crippen LogP contribution >= 0.6 is 7.82 Å². The predicted molar refractivity (Wildman–Crippen MR) is 78.5 cm³/mol. The lowest BCUT2D eigenvalue weighted by atomic mass is 9.85. The Labute approximate surface area is 140 Å². The summed E-state index contributed by atoms with van der Waals surface area (Å²) in [5, 5.41) is 58.6. The summed E-state index contributed by atoms with van der Waals surface area (Å²) in [6.45, 7) is 0. The first-order valence-corrected chi connectivity index (χ1v) is 8.38. The molecular formula is C12H16NO11P. The largest absolute Gasteiger partial charge is 0.527 e. The highest BCUT2D eigenvalue weighted by atomic mass is 31.2. The fourth-order valence-electron chi connectivity index (χ4n) is 2.26. The molecule has 1 fully saturated rings. The Balaban J connectivity index is 2.11. The first-order chi connectivity index (χ1) is 11.5. The number of nitrogens with zero attached hydrogens (tertiary/aromatic N) is 1. The highest BCUT2D eigenvalue weighted by molar-refractivity contribution is 7.47. The first kappa shape index (κ1) is 19.7. The molecule has 0 bridgehead atoms. The molecule has 0 aromatic heterocycles. The van der Waals surface area contributed by atoms with E-state index in [1.807, 2.05) is 0 Å². The van der Waals surface area contributed by atoms with E-state index >= 15 is 0 Å². The number of aliphatic hydroxyl groups is 5. The number of benzene rings is 1. The number of nitro benzene ring substituents is 1. The number of phosphoric ester groups is 1. The normalized spacial score (nSPS) is 35.0. The van der Waals surface area contributed by atoms with Crippen LogP contribution in [0.2, 0.25) is 0 Å². The van der Waals surface area contributed by atoms with Crippen molar-refractivity contribution in [3.05, 3.63) is 34.4 Å². The summed E-state index contributed by atoms with van der Waals surface area (Å²) in [5.41, 5.74) is -0.292. The molecule has 140 valence electrons. The molecule has 1 aliphatic carbocycles. The molecule has 0 amide bonds. The molecule has 0 spiro atoms. The molecule has 1 aromatic carbocycles. The quantitative estimate of drug-likeness (QED) is 0.192. The highest BCUT2D eigenvalue weighted by Gasteiger charge is 2.51. The van der Waals surface area contributed by atoms with Gasteiger partial charge in [-0.25, -0.2) is 4.57 Å². The van der Waals surface area contributed by atoms with Gasteiger partial charge in [-0.05, 0) is 12.1 Å². The van der Waals surface area contributed by atoms with Crippen molar-refractivity contribution in [2.45, 2.75) is 36.6 Å². The Morgan fingerprint density at radius 1 is 0.920 bits per heavy atom. The SMILES string of the molecule is O=[N+]([O-])c1ccc(OP(=O)(O)OC2C(O)C(O)C(O)C(O)C2O)cc1. The van der Waals surface area contributed by atoms with Gasteiger partial charge in [-0.3, -0.25) is 19.5 Å². The van der Waals surface area contributed by atoms with E-state index in [4.69, 9.17) is 0 Å². The smallest absolute Gasteiger partial charge is 0.404 e. The van der Waals surface area contributed by atoms with Crippen molar-refractivity contribution in [2.24, 2.45) is 0 Å². The van der Waals surface area contributed by atoms with Gasteiger partial charge in [0.1, 0.15) is 42.4 Å². The maximum Gasteiger partial charge on any atom is 0.527 e. The van der Waals surface area contributed by atoms with Crippen LogP contribution in [-0.2, 0) is 9.09 Å². The molecule has 1 saturated carbocycles. The number of hydrogen-bond acceptors (Lipinski definition) is 10. The van der Waals surface area contributed by atoms with Crippen molar-refractivity contribution in [1.29, 1.82) is 0 Å². The van der Waals surface area contributed by atoms with Gasteiger partial charge >= 0.3 is 7.82 Å². The van der Waals surface area contributed by atoms with Gasteiger partial charge in [0, 0.05) is 12.1 Å². The molecule has 1 aliphatic rings. The molecule has 2 rings (SSSR count). The van der Waals surface area contributed by atoms with E-state index in [9.17, 15) is 45.1 Å². The zero-order chi connectivity index (χ0) is 18.9. The molecule has 25 heavy (non-hydrogen) atoms. The topological polar surface area (TPSA) is 200 Å². The van der Waals surface area contributed by atoms with Gasteiger partial charge in [0.25, 0.3) is 5.69 Å². The molecule has 0 aliphatic heterocycles. The predicted octanol–water partition coefficient (Wildman–Crippen LogP) is -1.72. The second kappa shape index (κ2) is 7.32. The van der Waals surface area contributed by atoms with Gasteiger partial charge in [-0.1, -0.05) is 0 Å². The minimum atomic E-state index is -4.96. The fraction of sp³-hybridized carbons (Fsp3) is 0.500. The van der Waals surface area contributed by atoms with Gasteiger partial charge < -0.3 is 30.1 Å². The van der Waals surface area contributed by atoms with Crippen molar-refractivity contribution in [3.8, 4) is 5.75 Å². The zero-order valence-electron chi connectivity index (χ0n) is 12.4. The van der Waals surface area contributed by atoms with Crippen LogP contribution in [-0.4, -0.2) is 72.0 Å². The number of phosphoric acid groups is 1. The average Bonchev–Trinajstić information content (AvgIpc) is 2.55. The van der Waals surface area contributed by atoms with Crippen molar-refractivity contribution >= 4 is 13.5 Å². The maximum atomic E-state index is 12.0. The molecule has 0 saturated heterocycles. The van der Waals surface area contributed by atoms with E-state index in [-0.39, 0.29) is 11.4 Å². The summed E-state index contributed by atoms with van der Waals surface area (Å²) in [4.78, 5) is 19.5. The van der Waals surface area contributed by atoms with Crippen LogP contribution < -0.4 is 4.52 Å². The summed E-state index contributed by atoms with van der Waals surface area (Å²) in [5.74, 6) is -0.280. The third-order valence-electron chi connectivity index (χ3n) is 3.60. The fourth-order valence-corrected chi connectivity index (χ4v) is 3.25. The van der Waals surface area contributed by atoms with Crippen LogP contribution in [0.5, 0.6) is 5.75 Å². The number of non-ortho nitro benzene ring substituents is 1. The lowest BCUT2D eigenvalue weighted by molar-refractivity contribution is -0.384. The monoisotopic (exact) mass is 381 g/mol. The van der Waals surface area contributed by atoms with E-state index in [1.54, 1.807) is 0 Å². The molecule has 0 heterocycles. The lowest BCUT2D eigenvalue weighted by Gasteiger charge is -2.41. The van der Waals surface area contributed by atoms with Crippen molar-refractivity contribution in [1.82, 2.24) is 0 Å². The van der Waals surface area contributed by atoms with Gasteiger partial charge in [0.05, 0.1) is 4.92 Å². The number of hydrogen-bond donors (Lipinski definition) is 6. The summed E-state index contributed by atoms with van der Waals surface area (Å²) < 4.78 is 21.2. The summed E-state index contributed by atoms with van der Waals surface area (Å²) in [6, 6.07) is 4.05. The van der Waals surface area contributed by atoms with E-state index in [2.05, 4.69) is 9.05 Å². The van der Waals surface area contributed by atoms with Crippen LogP contribution in [0.3, 0.4) is 0 Å². The number of rotatable bonds is 5. The van der Waals surface area contributed by atoms with E-state index in [1.165, 1.54) is 0 Å². The minimum Gasteiger partial charge on any atom is -0.404 e. The van der Waals surface area contributed by atoms with E-state index < -0.39 is 49.4 Å². The first-order valence-electron chi connectivity index (χ1n) is 6.89. The maximum absolute atomic E-state index is 12.0. The molecule has 5 atom stereocenters. The number of nitro groups is 1. The van der Waals surface area contributed by atoms with Crippen LogP contribution in [0.15, 0.2) is 24.3 Å². The number of aliphatic hydroxyl groups excluding tert-OH is 5. The standard InChI is InChI=1S/C12H16NO11P/c14-7-8(15)10(17)12(11(18)9(7)16)24-25(21,22)23-6-3-1-5(2-4-6)13(19)20/h1-4,7-12,14-18H,(H,21,22).